The molecular weight excluding hydrogens is 240 g/mol. The van der Waals surface area contributed by atoms with Gasteiger partial charge in [0.2, 0.25) is 0 Å². The van der Waals surface area contributed by atoms with Gasteiger partial charge in [0, 0.05) is 12.7 Å². The van der Waals surface area contributed by atoms with E-state index in [0.717, 1.165) is 0 Å². The normalized spacial score (nSPS) is 11.7. The molecule has 0 aliphatic carbocycles. The van der Waals surface area contributed by atoms with Crippen molar-refractivity contribution >= 4 is 23.2 Å². The van der Waals surface area contributed by atoms with Crippen molar-refractivity contribution in [3.05, 3.63) is 40.3 Å². The minimum absolute atomic E-state index is 0.00239. The van der Waals surface area contributed by atoms with Crippen LogP contribution in [0.25, 0.3) is 0 Å². The number of nitrogens with two attached hydrogens (primary N) is 1. The smallest absolute Gasteiger partial charge is 0.269 e. The van der Waals surface area contributed by atoms with E-state index in [0.29, 0.717) is 11.4 Å². The summed E-state index contributed by atoms with van der Waals surface area (Å²) in [5.41, 5.74) is 6.37. The zero-order chi connectivity index (χ0) is 13.0. The Hall–Kier alpha value is -1.88. The first-order valence-electron chi connectivity index (χ1n) is 4.87. The first-order valence-corrected chi connectivity index (χ1v) is 5.25. The largest absolute Gasteiger partial charge is 0.401 e. The number of halogens is 1. The predicted octanol–water partition coefficient (Wildman–Crippen LogP) is 1.24. The third-order valence-electron chi connectivity index (χ3n) is 2.03. The highest BCUT2D eigenvalue weighted by Gasteiger charge is 2.12. The number of carbonyl (C=O) groups excluding carboxylic acids is 1. The maximum Gasteiger partial charge on any atom is 0.269 e. The number of nitrogens with one attached hydrogen (secondary N) is 2. The first-order chi connectivity index (χ1) is 7.97. The van der Waals surface area contributed by atoms with Gasteiger partial charge >= 0.3 is 0 Å². The molecular formula is C11H13ClN4O. The molecule has 0 aromatic carbocycles. The summed E-state index contributed by atoms with van der Waals surface area (Å²) in [5.74, 6) is -0.316. The zero-order valence-corrected chi connectivity index (χ0v) is 10.3. The van der Waals surface area contributed by atoms with Gasteiger partial charge in [-0.2, -0.15) is 0 Å². The summed E-state index contributed by atoms with van der Waals surface area (Å²) < 4.78 is 0. The Balaban J connectivity index is 3.13. The van der Waals surface area contributed by atoms with Crippen molar-refractivity contribution < 1.29 is 4.79 Å². The third kappa shape index (κ3) is 3.04. The second kappa shape index (κ2) is 5.45. The average Bonchev–Trinajstić information content (AvgIpc) is 2.36. The number of hydrogen-bond acceptors (Lipinski definition) is 4. The first kappa shape index (κ1) is 13.2. The lowest BCUT2D eigenvalue weighted by Crippen LogP contribution is -2.20. The molecule has 0 radical (unpaired) electrons. The fourth-order valence-corrected chi connectivity index (χ4v) is 1.23. The highest BCUT2D eigenvalue weighted by Crippen LogP contribution is 2.12. The van der Waals surface area contributed by atoms with E-state index in [1.165, 1.54) is 7.05 Å². The molecule has 0 saturated carbocycles. The summed E-state index contributed by atoms with van der Waals surface area (Å²) >= 11 is 5.86. The van der Waals surface area contributed by atoms with Crippen molar-refractivity contribution in [1.82, 2.24) is 10.3 Å². The van der Waals surface area contributed by atoms with E-state index in [4.69, 9.17) is 22.7 Å². The molecule has 17 heavy (non-hydrogen) atoms. The highest BCUT2D eigenvalue weighted by molar-refractivity contribution is 6.45. The van der Waals surface area contributed by atoms with Crippen LogP contribution in [0, 0.1) is 5.41 Å². The van der Waals surface area contributed by atoms with E-state index < -0.39 is 0 Å². The van der Waals surface area contributed by atoms with Gasteiger partial charge in [0.05, 0.1) is 10.7 Å². The van der Waals surface area contributed by atoms with Crippen molar-refractivity contribution in [1.29, 1.82) is 5.41 Å². The summed E-state index contributed by atoms with van der Waals surface area (Å²) in [4.78, 5) is 15.4. The van der Waals surface area contributed by atoms with Gasteiger partial charge in [0.1, 0.15) is 11.4 Å². The van der Waals surface area contributed by atoms with Gasteiger partial charge in [-0.3, -0.25) is 10.2 Å². The van der Waals surface area contributed by atoms with Crippen LogP contribution in [0.1, 0.15) is 23.1 Å². The van der Waals surface area contributed by atoms with Crippen LogP contribution in [-0.2, 0) is 0 Å². The van der Waals surface area contributed by atoms with Crippen molar-refractivity contribution in [2.45, 2.75) is 6.92 Å². The Morgan fingerprint density at radius 3 is 2.59 bits per heavy atom. The highest BCUT2D eigenvalue weighted by atomic mass is 35.5. The number of allylic oxidation sites excluding steroid dienone is 2. The number of rotatable bonds is 3. The second-order valence-electron chi connectivity index (χ2n) is 3.36. The number of amides is 1. The molecule has 0 fully saturated rings. The van der Waals surface area contributed by atoms with E-state index in [-0.39, 0.29) is 22.3 Å². The van der Waals surface area contributed by atoms with Gasteiger partial charge in [-0.25, -0.2) is 4.98 Å². The summed E-state index contributed by atoms with van der Waals surface area (Å²) in [6, 6.07) is 4.79. The summed E-state index contributed by atoms with van der Waals surface area (Å²) in [6.45, 7) is 1.60. The van der Waals surface area contributed by atoms with E-state index in [1.54, 1.807) is 25.1 Å². The quantitative estimate of drug-likeness (QED) is 0.707. The number of aromatic nitrogens is 1. The van der Waals surface area contributed by atoms with Crippen LogP contribution in [0.4, 0.5) is 0 Å². The van der Waals surface area contributed by atoms with Crippen LogP contribution in [0.2, 0.25) is 0 Å². The topological polar surface area (TPSA) is 91.9 Å². The van der Waals surface area contributed by atoms with Gasteiger partial charge in [0.25, 0.3) is 5.91 Å². The molecule has 1 rings (SSSR count). The maximum absolute atomic E-state index is 11.4. The Morgan fingerprint density at radius 2 is 2.06 bits per heavy atom. The van der Waals surface area contributed by atoms with Gasteiger partial charge in [-0.1, -0.05) is 17.7 Å². The Bertz CT molecular complexity index is 492. The lowest BCUT2D eigenvalue weighted by molar-refractivity contribution is 0.0958. The average molecular weight is 253 g/mol. The molecule has 0 bridgehead atoms. The zero-order valence-electron chi connectivity index (χ0n) is 9.54. The Labute approximate surface area is 104 Å². The van der Waals surface area contributed by atoms with Crippen molar-refractivity contribution in [3.63, 3.8) is 0 Å². The lowest BCUT2D eigenvalue weighted by Gasteiger charge is -2.05. The minimum atomic E-state index is -0.316. The van der Waals surface area contributed by atoms with E-state index in [1.807, 2.05) is 0 Å². The molecule has 1 amide bonds. The van der Waals surface area contributed by atoms with Gasteiger partial charge in [-0.05, 0) is 19.1 Å². The van der Waals surface area contributed by atoms with Crippen LogP contribution in [0.15, 0.2) is 28.9 Å². The van der Waals surface area contributed by atoms with Crippen LogP contribution in [0.3, 0.4) is 0 Å². The molecule has 1 heterocycles. The lowest BCUT2D eigenvalue weighted by atomic mass is 10.2. The number of nitrogens with zero attached hydrogens (tertiary/aromatic N) is 1. The molecule has 6 heteroatoms. The summed E-state index contributed by atoms with van der Waals surface area (Å²) in [7, 11) is 1.51. The number of hydrogen-bond donors (Lipinski definition) is 3. The molecule has 1 aromatic heterocycles. The van der Waals surface area contributed by atoms with Crippen molar-refractivity contribution in [3.8, 4) is 0 Å². The van der Waals surface area contributed by atoms with Crippen molar-refractivity contribution in [2.75, 3.05) is 7.05 Å². The fourth-order valence-electron chi connectivity index (χ4n) is 1.14. The summed E-state index contributed by atoms with van der Waals surface area (Å²) in [6.07, 6.45) is 0. The van der Waals surface area contributed by atoms with Crippen LogP contribution in [-0.4, -0.2) is 23.7 Å². The predicted molar refractivity (Wildman–Crippen MR) is 67.2 cm³/mol. The Morgan fingerprint density at radius 1 is 1.47 bits per heavy atom. The monoisotopic (exact) mass is 252 g/mol. The second-order valence-corrected chi connectivity index (χ2v) is 3.74. The molecule has 5 nitrogen and oxygen atoms in total. The molecule has 4 N–H and O–H groups in total. The number of carbonyl (C=O) groups is 1. The minimum Gasteiger partial charge on any atom is -0.401 e. The number of pyridine rings is 1. The molecule has 1 aromatic rings. The molecule has 0 spiro atoms. The van der Waals surface area contributed by atoms with Crippen LogP contribution in [0.5, 0.6) is 0 Å². The molecule has 0 aliphatic rings. The maximum atomic E-state index is 11.4. The van der Waals surface area contributed by atoms with Gasteiger partial charge in [-0.15, -0.1) is 0 Å². The standard InChI is InChI=1S/C11H13ClN4O/c1-6(13)9(12)10(14)7-4-3-5-8(16-7)11(17)15-2/h3-5,14H,13H2,1-2H3,(H,15,17)/b9-6+,14-10?. The van der Waals surface area contributed by atoms with E-state index in [9.17, 15) is 4.79 Å². The summed E-state index contributed by atoms with van der Waals surface area (Å²) in [5, 5.41) is 10.4. The Kier molecular flexibility index (Phi) is 4.23. The third-order valence-corrected chi connectivity index (χ3v) is 2.52. The van der Waals surface area contributed by atoms with Crippen molar-refractivity contribution in [2.24, 2.45) is 5.73 Å². The van der Waals surface area contributed by atoms with E-state index in [2.05, 4.69) is 10.3 Å². The van der Waals surface area contributed by atoms with E-state index >= 15 is 0 Å². The molecule has 0 aliphatic heterocycles. The molecule has 90 valence electrons. The van der Waals surface area contributed by atoms with Crippen LogP contribution < -0.4 is 11.1 Å². The van der Waals surface area contributed by atoms with Crippen LogP contribution >= 0.6 is 11.6 Å². The van der Waals surface area contributed by atoms with Gasteiger partial charge < -0.3 is 11.1 Å². The molecule has 0 saturated heterocycles. The SMILES string of the molecule is CNC(=O)c1cccc(C(=N)/C(Cl)=C(/C)N)n1. The van der Waals surface area contributed by atoms with Gasteiger partial charge in [0.15, 0.2) is 0 Å². The molecule has 0 unspecified atom stereocenters. The molecule has 0 atom stereocenters. The fraction of sp³-hybridized carbons (Fsp3) is 0.182.